The molecule has 35 heavy (non-hydrogen) atoms. The van der Waals surface area contributed by atoms with Crippen molar-refractivity contribution in [3.05, 3.63) is 88.4 Å². The highest BCUT2D eigenvalue weighted by Crippen LogP contribution is 2.36. The number of thiocarbonyl (C=S) groups is 1. The molecule has 0 spiro atoms. The highest BCUT2D eigenvalue weighted by molar-refractivity contribution is 9.10. The number of para-hydroxylation sites is 1. The molecule has 0 unspecified atom stereocenters. The molecule has 0 aliphatic rings. The van der Waals surface area contributed by atoms with Gasteiger partial charge in [0.25, 0.3) is 5.91 Å². The second-order valence-corrected chi connectivity index (χ2v) is 9.08. The first-order valence-electron chi connectivity index (χ1n) is 10.8. The van der Waals surface area contributed by atoms with Crippen molar-refractivity contribution in [2.24, 2.45) is 0 Å². The summed E-state index contributed by atoms with van der Waals surface area (Å²) in [7, 11) is 1.53. The molecule has 5 aromatic rings. The summed E-state index contributed by atoms with van der Waals surface area (Å²) in [4.78, 5) is 14.7. The lowest BCUT2D eigenvalue weighted by atomic mass is 10.1. The minimum absolute atomic E-state index is 0.166. The molecule has 2 N–H and O–H groups in total. The summed E-state index contributed by atoms with van der Waals surface area (Å²) in [6.45, 7) is 1.94. The zero-order chi connectivity index (χ0) is 24.5. The minimum atomic E-state index is -0.375. The molecule has 1 heterocycles. The normalized spacial score (nSPS) is 10.9. The number of halogens is 1. The van der Waals surface area contributed by atoms with Crippen LogP contribution in [0.25, 0.3) is 27.5 Å². The third kappa shape index (κ3) is 4.48. The van der Waals surface area contributed by atoms with E-state index in [9.17, 15) is 4.79 Å². The Morgan fingerprint density at radius 1 is 1.00 bits per heavy atom. The predicted molar refractivity (Wildman–Crippen MR) is 145 cm³/mol. The van der Waals surface area contributed by atoms with Crippen LogP contribution in [0.3, 0.4) is 0 Å². The van der Waals surface area contributed by atoms with E-state index in [1.54, 1.807) is 10.9 Å². The number of fused-ring (bicyclic) bond motifs is 2. The Morgan fingerprint density at radius 3 is 2.43 bits per heavy atom. The van der Waals surface area contributed by atoms with Crippen molar-refractivity contribution in [3.8, 4) is 11.4 Å². The number of carbonyl (C=O) groups excluding carboxylic acids is 1. The SMILES string of the molecule is COc1c(C(=O)NC(=S)Nc2cc3nn(-c4ccccc4)nc3cc2C)cc2ccccc2c1Br. The molecule has 0 aliphatic carbocycles. The highest BCUT2D eigenvalue weighted by atomic mass is 79.9. The van der Waals surface area contributed by atoms with Gasteiger partial charge >= 0.3 is 0 Å². The minimum Gasteiger partial charge on any atom is -0.495 e. The average molecular weight is 546 g/mol. The molecular weight excluding hydrogens is 526 g/mol. The highest BCUT2D eigenvalue weighted by Gasteiger charge is 2.19. The maximum atomic E-state index is 13.1. The molecule has 1 aromatic heterocycles. The fourth-order valence-electron chi connectivity index (χ4n) is 3.86. The molecule has 0 bridgehead atoms. The molecule has 174 valence electrons. The first-order chi connectivity index (χ1) is 16.9. The number of aryl methyl sites for hydroxylation is 1. The number of amides is 1. The van der Waals surface area contributed by atoms with E-state index in [-0.39, 0.29) is 11.0 Å². The van der Waals surface area contributed by atoms with Gasteiger partial charge in [0.1, 0.15) is 16.8 Å². The maximum absolute atomic E-state index is 13.1. The summed E-state index contributed by atoms with van der Waals surface area (Å²) in [5, 5.41) is 17.0. The number of benzene rings is 4. The second kappa shape index (κ2) is 9.44. The van der Waals surface area contributed by atoms with E-state index >= 15 is 0 Å². The number of hydrogen-bond donors (Lipinski definition) is 2. The van der Waals surface area contributed by atoms with Gasteiger partial charge in [-0.25, -0.2) is 0 Å². The molecule has 0 fully saturated rings. The van der Waals surface area contributed by atoms with Crippen LogP contribution in [0.2, 0.25) is 0 Å². The number of aromatic nitrogens is 3. The van der Waals surface area contributed by atoms with E-state index in [1.807, 2.05) is 73.7 Å². The summed E-state index contributed by atoms with van der Waals surface area (Å²) < 4.78 is 6.24. The van der Waals surface area contributed by atoms with Crippen LogP contribution in [0.15, 0.2) is 77.3 Å². The number of hydrogen-bond acceptors (Lipinski definition) is 5. The van der Waals surface area contributed by atoms with E-state index in [0.29, 0.717) is 21.3 Å². The zero-order valence-corrected chi connectivity index (χ0v) is 21.3. The Labute approximate surface area is 215 Å². The van der Waals surface area contributed by atoms with Crippen LogP contribution in [0.5, 0.6) is 5.75 Å². The summed E-state index contributed by atoms with van der Waals surface area (Å²) in [6, 6.07) is 23.0. The van der Waals surface area contributed by atoms with Crippen molar-refractivity contribution in [1.29, 1.82) is 0 Å². The molecule has 4 aromatic carbocycles. The molecule has 5 rings (SSSR count). The Bertz CT molecular complexity index is 1600. The van der Waals surface area contributed by atoms with Crippen LogP contribution >= 0.6 is 28.1 Å². The lowest BCUT2D eigenvalue weighted by molar-refractivity contribution is 0.0975. The van der Waals surface area contributed by atoms with Crippen LogP contribution in [-0.2, 0) is 0 Å². The van der Waals surface area contributed by atoms with Gasteiger partial charge in [0.05, 0.1) is 22.8 Å². The summed E-state index contributed by atoms with van der Waals surface area (Å²) in [5.41, 5.74) is 4.36. The summed E-state index contributed by atoms with van der Waals surface area (Å²) in [6.07, 6.45) is 0. The van der Waals surface area contributed by atoms with Crippen LogP contribution in [0.1, 0.15) is 15.9 Å². The fourth-order valence-corrected chi connectivity index (χ4v) is 4.80. The summed E-state index contributed by atoms with van der Waals surface area (Å²) in [5.74, 6) is 0.0682. The van der Waals surface area contributed by atoms with Crippen molar-refractivity contribution in [3.63, 3.8) is 0 Å². The molecule has 7 nitrogen and oxygen atoms in total. The number of carbonyl (C=O) groups is 1. The second-order valence-electron chi connectivity index (χ2n) is 7.88. The number of nitrogens with zero attached hydrogens (tertiary/aromatic N) is 3. The zero-order valence-electron chi connectivity index (χ0n) is 18.9. The largest absolute Gasteiger partial charge is 0.495 e. The van der Waals surface area contributed by atoms with Crippen molar-refractivity contribution in [2.45, 2.75) is 6.92 Å². The number of rotatable bonds is 4. The topological polar surface area (TPSA) is 81.1 Å². The van der Waals surface area contributed by atoms with Gasteiger partial charge < -0.3 is 10.1 Å². The van der Waals surface area contributed by atoms with Gasteiger partial charge in [-0.05, 0) is 81.7 Å². The van der Waals surface area contributed by atoms with Gasteiger partial charge in [0.2, 0.25) is 0 Å². The quantitative estimate of drug-likeness (QED) is 0.278. The van der Waals surface area contributed by atoms with E-state index in [0.717, 1.165) is 33.2 Å². The van der Waals surface area contributed by atoms with Gasteiger partial charge in [-0.3, -0.25) is 10.1 Å². The Balaban J connectivity index is 1.39. The van der Waals surface area contributed by atoms with Crippen molar-refractivity contribution in [1.82, 2.24) is 20.3 Å². The maximum Gasteiger partial charge on any atom is 0.261 e. The molecule has 1 amide bonds. The van der Waals surface area contributed by atoms with Gasteiger partial charge in [-0.1, -0.05) is 42.5 Å². The lowest BCUT2D eigenvalue weighted by Crippen LogP contribution is -2.34. The molecule has 0 saturated heterocycles. The molecule has 0 aliphatic heterocycles. The fraction of sp³-hybridized carbons (Fsp3) is 0.0769. The lowest BCUT2D eigenvalue weighted by Gasteiger charge is -2.15. The molecular formula is C26H20BrN5O2S. The average Bonchev–Trinajstić information content (AvgIpc) is 3.27. The van der Waals surface area contributed by atoms with Crippen molar-refractivity contribution >= 4 is 66.7 Å². The molecule has 9 heteroatoms. The van der Waals surface area contributed by atoms with E-state index in [4.69, 9.17) is 17.0 Å². The Morgan fingerprint density at radius 2 is 1.69 bits per heavy atom. The first kappa shape index (κ1) is 22.9. The van der Waals surface area contributed by atoms with Crippen LogP contribution < -0.4 is 15.4 Å². The molecule has 0 radical (unpaired) electrons. The number of anilines is 1. The van der Waals surface area contributed by atoms with Crippen LogP contribution in [0.4, 0.5) is 5.69 Å². The third-order valence-electron chi connectivity index (χ3n) is 5.58. The van der Waals surface area contributed by atoms with Gasteiger partial charge in [-0.2, -0.15) is 4.80 Å². The monoisotopic (exact) mass is 545 g/mol. The number of nitrogens with one attached hydrogen (secondary N) is 2. The van der Waals surface area contributed by atoms with Crippen molar-refractivity contribution < 1.29 is 9.53 Å². The van der Waals surface area contributed by atoms with Gasteiger partial charge in [0, 0.05) is 5.69 Å². The molecule has 0 atom stereocenters. The van der Waals surface area contributed by atoms with E-state index < -0.39 is 0 Å². The third-order valence-corrected chi connectivity index (χ3v) is 6.57. The van der Waals surface area contributed by atoms with E-state index in [1.165, 1.54) is 7.11 Å². The van der Waals surface area contributed by atoms with Crippen LogP contribution in [-0.4, -0.2) is 33.1 Å². The number of ether oxygens (including phenoxy) is 1. The Hall–Kier alpha value is -3.82. The predicted octanol–water partition coefficient (Wildman–Crippen LogP) is 5.78. The summed E-state index contributed by atoms with van der Waals surface area (Å²) >= 11 is 9.01. The van der Waals surface area contributed by atoms with Gasteiger partial charge in [-0.15, -0.1) is 10.2 Å². The van der Waals surface area contributed by atoms with E-state index in [2.05, 4.69) is 36.8 Å². The number of methoxy groups -OCH3 is 1. The smallest absolute Gasteiger partial charge is 0.261 e. The Kier molecular flexibility index (Phi) is 6.19. The first-order valence-corrected chi connectivity index (χ1v) is 12.0. The van der Waals surface area contributed by atoms with Gasteiger partial charge in [0.15, 0.2) is 5.11 Å². The molecule has 0 saturated carbocycles. The standard InChI is InChI=1S/C26H20BrN5O2S/c1-15-12-21-22(31-32(30-21)17-9-4-3-5-10-17)14-20(15)28-26(35)29-25(33)19-13-16-8-6-7-11-18(16)23(27)24(19)34-2/h3-14H,1-2H3,(H2,28,29,33,35). The van der Waals surface area contributed by atoms with Crippen LogP contribution in [0, 0.1) is 6.92 Å². The van der Waals surface area contributed by atoms with Crippen molar-refractivity contribution in [2.75, 3.05) is 12.4 Å².